The van der Waals surface area contributed by atoms with E-state index in [1.165, 1.54) is 18.6 Å². The number of ether oxygens (including phenoxy) is 1. The van der Waals surface area contributed by atoms with Gasteiger partial charge in [-0.25, -0.2) is 4.98 Å². The maximum Gasteiger partial charge on any atom is 0.292 e. The highest BCUT2D eigenvalue weighted by molar-refractivity contribution is 5.91. The number of aryl methyl sites for hydroxylation is 1. The molecule has 0 radical (unpaired) electrons. The van der Waals surface area contributed by atoms with Gasteiger partial charge in [-0.2, -0.15) is 0 Å². The molecule has 22 heavy (non-hydrogen) atoms. The van der Waals surface area contributed by atoms with Crippen LogP contribution in [0.3, 0.4) is 0 Å². The Morgan fingerprint density at radius 1 is 1.50 bits per heavy atom. The summed E-state index contributed by atoms with van der Waals surface area (Å²) in [4.78, 5) is 31.7. The summed E-state index contributed by atoms with van der Waals surface area (Å²) in [6, 6.07) is 3.02. The molecule has 0 spiro atoms. The Balaban J connectivity index is 1.56. The van der Waals surface area contributed by atoms with Crippen molar-refractivity contribution in [2.45, 2.75) is 18.9 Å². The predicted molar refractivity (Wildman–Crippen MR) is 75.3 cm³/mol. The van der Waals surface area contributed by atoms with E-state index in [9.17, 15) is 9.59 Å². The van der Waals surface area contributed by atoms with E-state index in [0.717, 1.165) is 0 Å². The van der Waals surface area contributed by atoms with Crippen LogP contribution in [0.15, 0.2) is 34.0 Å². The summed E-state index contributed by atoms with van der Waals surface area (Å²) in [7, 11) is 0. The van der Waals surface area contributed by atoms with Crippen molar-refractivity contribution in [1.82, 2.24) is 20.0 Å². The van der Waals surface area contributed by atoms with Gasteiger partial charge in [0.15, 0.2) is 0 Å². The zero-order valence-corrected chi connectivity index (χ0v) is 11.9. The van der Waals surface area contributed by atoms with Gasteiger partial charge >= 0.3 is 0 Å². The second kappa shape index (κ2) is 6.52. The van der Waals surface area contributed by atoms with E-state index in [1.54, 1.807) is 11.0 Å². The van der Waals surface area contributed by atoms with E-state index in [-0.39, 0.29) is 23.3 Å². The van der Waals surface area contributed by atoms with Crippen LogP contribution < -0.4 is 5.56 Å². The van der Waals surface area contributed by atoms with E-state index in [1.807, 2.05) is 0 Å². The maximum absolute atomic E-state index is 12.2. The van der Waals surface area contributed by atoms with Crippen molar-refractivity contribution < 1.29 is 14.1 Å². The molecule has 1 N–H and O–H groups in total. The van der Waals surface area contributed by atoms with Crippen molar-refractivity contribution in [3.8, 4) is 0 Å². The Morgan fingerprint density at radius 2 is 2.41 bits per heavy atom. The number of rotatable bonds is 4. The van der Waals surface area contributed by atoms with Crippen LogP contribution >= 0.6 is 0 Å². The van der Waals surface area contributed by atoms with Crippen LogP contribution in [0, 0.1) is 0 Å². The molecule has 1 fully saturated rings. The molecule has 0 saturated carbocycles. The van der Waals surface area contributed by atoms with Crippen LogP contribution in [0.4, 0.5) is 0 Å². The molecule has 116 valence electrons. The van der Waals surface area contributed by atoms with E-state index in [2.05, 4.69) is 15.1 Å². The molecule has 3 heterocycles. The quantitative estimate of drug-likeness (QED) is 0.867. The zero-order chi connectivity index (χ0) is 15.4. The first-order valence-corrected chi connectivity index (χ1v) is 7.07. The number of hydrogen-bond acceptors (Lipinski definition) is 6. The lowest BCUT2D eigenvalue weighted by molar-refractivity contribution is -0.0258. The topological polar surface area (TPSA) is 101 Å². The lowest BCUT2D eigenvalue weighted by Gasteiger charge is -2.32. The first-order chi connectivity index (χ1) is 10.7. The van der Waals surface area contributed by atoms with E-state index in [0.29, 0.717) is 38.2 Å². The third-order valence-corrected chi connectivity index (χ3v) is 3.53. The van der Waals surface area contributed by atoms with Gasteiger partial charge in [-0.15, -0.1) is 0 Å². The van der Waals surface area contributed by atoms with Gasteiger partial charge in [0.05, 0.1) is 25.2 Å². The van der Waals surface area contributed by atoms with Crippen molar-refractivity contribution in [2.75, 3.05) is 19.7 Å². The molecular formula is C14H16N4O4. The third kappa shape index (κ3) is 3.40. The summed E-state index contributed by atoms with van der Waals surface area (Å²) in [5, 5.41) is 3.55. The fourth-order valence-electron chi connectivity index (χ4n) is 2.42. The van der Waals surface area contributed by atoms with Gasteiger partial charge in [0.2, 0.25) is 5.76 Å². The number of nitrogens with one attached hydrogen (secondary N) is 1. The SMILES string of the molecule is O=C(c1ccno1)N1CCOC(CCc2cc(=O)[nH]cn2)C1. The monoisotopic (exact) mass is 304 g/mol. The molecule has 2 aromatic rings. The lowest BCUT2D eigenvalue weighted by atomic mass is 10.1. The minimum Gasteiger partial charge on any atom is -0.375 e. The van der Waals surface area contributed by atoms with Crippen LogP contribution in [-0.4, -0.2) is 51.7 Å². The smallest absolute Gasteiger partial charge is 0.292 e. The Hall–Kier alpha value is -2.48. The molecule has 1 aliphatic heterocycles. The van der Waals surface area contributed by atoms with Crippen LogP contribution in [-0.2, 0) is 11.2 Å². The first-order valence-electron chi connectivity index (χ1n) is 7.07. The fraction of sp³-hybridized carbons (Fsp3) is 0.429. The zero-order valence-electron chi connectivity index (χ0n) is 11.9. The summed E-state index contributed by atoms with van der Waals surface area (Å²) in [5.74, 6) is 0.0528. The van der Waals surface area contributed by atoms with Crippen LogP contribution in [0.25, 0.3) is 0 Å². The van der Waals surface area contributed by atoms with Gasteiger partial charge < -0.3 is 19.1 Å². The first kappa shape index (κ1) is 14.5. The largest absolute Gasteiger partial charge is 0.375 e. The normalized spacial score (nSPS) is 18.4. The Kier molecular flexibility index (Phi) is 4.29. The highest BCUT2D eigenvalue weighted by Crippen LogP contribution is 2.14. The molecule has 1 aliphatic rings. The van der Waals surface area contributed by atoms with Crippen molar-refractivity contribution in [2.24, 2.45) is 0 Å². The van der Waals surface area contributed by atoms with Crippen molar-refractivity contribution in [1.29, 1.82) is 0 Å². The van der Waals surface area contributed by atoms with Gasteiger partial charge in [0.25, 0.3) is 11.5 Å². The third-order valence-electron chi connectivity index (χ3n) is 3.53. The molecule has 1 saturated heterocycles. The fourth-order valence-corrected chi connectivity index (χ4v) is 2.42. The number of morpholine rings is 1. The molecule has 0 bridgehead atoms. The highest BCUT2D eigenvalue weighted by atomic mass is 16.5. The van der Waals surface area contributed by atoms with Crippen molar-refractivity contribution in [3.05, 3.63) is 46.5 Å². The highest BCUT2D eigenvalue weighted by Gasteiger charge is 2.26. The maximum atomic E-state index is 12.2. The molecule has 1 unspecified atom stereocenters. The summed E-state index contributed by atoms with van der Waals surface area (Å²) in [6.45, 7) is 1.50. The summed E-state index contributed by atoms with van der Waals surface area (Å²) < 4.78 is 10.6. The predicted octanol–water partition coefficient (Wildman–Crippen LogP) is 0.232. The molecule has 8 nitrogen and oxygen atoms in total. The second-order valence-corrected chi connectivity index (χ2v) is 5.06. The number of H-pyrrole nitrogens is 1. The summed E-state index contributed by atoms with van der Waals surface area (Å²) >= 11 is 0. The number of amides is 1. The van der Waals surface area contributed by atoms with Crippen molar-refractivity contribution in [3.63, 3.8) is 0 Å². The van der Waals surface area contributed by atoms with E-state index in [4.69, 9.17) is 9.26 Å². The molecule has 1 amide bonds. The lowest BCUT2D eigenvalue weighted by Crippen LogP contribution is -2.45. The molecule has 8 heteroatoms. The Labute approximate surface area is 126 Å². The number of nitrogens with zero attached hydrogens (tertiary/aromatic N) is 3. The Morgan fingerprint density at radius 3 is 3.18 bits per heavy atom. The van der Waals surface area contributed by atoms with Crippen LogP contribution in [0.5, 0.6) is 0 Å². The summed E-state index contributed by atoms with van der Waals surface area (Å²) in [5.41, 5.74) is 0.544. The van der Waals surface area contributed by atoms with E-state index < -0.39 is 0 Å². The standard InChI is InChI=1S/C14H16N4O4/c19-13-7-10(15-9-16-13)1-2-11-8-18(5-6-21-11)14(20)12-3-4-17-22-12/h3-4,7,9,11H,1-2,5-6,8H2,(H,15,16,19). The molecule has 1 atom stereocenters. The van der Waals surface area contributed by atoms with Gasteiger partial charge in [-0.3, -0.25) is 9.59 Å². The number of carbonyl (C=O) groups excluding carboxylic acids is 1. The van der Waals surface area contributed by atoms with Gasteiger partial charge in [0, 0.05) is 30.9 Å². The second-order valence-electron chi connectivity index (χ2n) is 5.06. The van der Waals surface area contributed by atoms with Crippen LogP contribution in [0.1, 0.15) is 22.7 Å². The van der Waals surface area contributed by atoms with Gasteiger partial charge in [-0.1, -0.05) is 5.16 Å². The van der Waals surface area contributed by atoms with E-state index >= 15 is 0 Å². The van der Waals surface area contributed by atoms with Crippen molar-refractivity contribution >= 4 is 5.91 Å². The molecule has 3 rings (SSSR count). The molecule has 0 aliphatic carbocycles. The minimum atomic E-state index is -0.180. The average molecular weight is 304 g/mol. The summed E-state index contributed by atoms with van der Waals surface area (Å²) in [6.07, 6.45) is 4.07. The molecule has 2 aromatic heterocycles. The number of aromatic amines is 1. The van der Waals surface area contributed by atoms with Gasteiger partial charge in [-0.05, 0) is 12.8 Å². The van der Waals surface area contributed by atoms with Gasteiger partial charge in [0.1, 0.15) is 0 Å². The van der Waals surface area contributed by atoms with Crippen LogP contribution in [0.2, 0.25) is 0 Å². The number of carbonyl (C=O) groups is 1. The number of hydrogen-bond donors (Lipinski definition) is 1. The minimum absolute atomic E-state index is 0.0818. The molecular weight excluding hydrogens is 288 g/mol. The molecule has 0 aromatic carbocycles. The average Bonchev–Trinajstić information content (AvgIpc) is 3.07. The Bertz CT molecular complexity index is 682. The number of aromatic nitrogens is 3.